The van der Waals surface area contributed by atoms with Crippen LogP contribution in [-0.2, 0) is 6.54 Å². The van der Waals surface area contributed by atoms with Gasteiger partial charge in [-0.25, -0.2) is 4.98 Å². The van der Waals surface area contributed by atoms with Gasteiger partial charge in [-0.2, -0.15) is 0 Å². The summed E-state index contributed by atoms with van der Waals surface area (Å²) in [6.07, 6.45) is 5.04. The van der Waals surface area contributed by atoms with Gasteiger partial charge >= 0.3 is 0 Å². The number of nitrogens with one attached hydrogen (secondary N) is 1. The van der Waals surface area contributed by atoms with Crippen molar-refractivity contribution in [1.29, 1.82) is 0 Å². The third-order valence-electron chi connectivity index (χ3n) is 3.13. The van der Waals surface area contributed by atoms with Crippen LogP contribution in [0.5, 0.6) is 0 Å². The largest absolute Gasteiger partial charge is 0.355 e. The van der Waals surface area contributed by atoms with E-state index in [1.807, 2.05) is 12.4 Å². The highest BCUT2D eigenvalue weighted by Crippen LogP contribution is 2.20. The van der Waals surface area contributed by atoms with Crippen molar-refractivity contribution in [2.45, 2.75) is 39.8 Å². The second-order valence-electron chi connectivity index (χ2n) is 5.24. The maximum Gasteiger partial charge on any atom is 0.147 e. The van der Waals surface area contributed by atoms with E-state index in [-0.39, 0.29) is 0 Å². The van der Waals surface area contributed by atoms with Gasteiger partial charge in [0.25, 0.3) is 0 Å². The minimum Gasteiger partial charge on any atom is -0.355 e. The lowest BCUT2D eigenvalue weighted by molar-refractivity contribution is 0.580. The average Bonchev–Trinajstić information content (AvgIpc) is 2.74. The van der Waals surface area contributed by atoms with Crippen LogP contribution in [0, 0.1) is 5.92 Å². The molecule has 0 saturated carbocycles. The summed E-state index contributed by atoms with van der Waals surface area (Å²) in [5.74, 6) is 1.79. The molecule has 1 fully saturated rings. The van der Waals surface area contributed by atoms with Crippen LogP contribution in [0.1, 0.15) is 32.9 Å². The molecule has 1 aliphatic rings. The average molecular weight is 234 g/mol. The summed E-state index contributed by atoms with van der Waals surface area (Å²) in [6, 6.07) is 0.482. The molecule has 2 rings (SSSR count). The molecule has 4 heteroatoms. The highest BCUT2D eigenvalue weighted by Gasteiger charge is 2.19. The zero-order valence-electron chi connectivity index (χ0n) is 11.0. The van der Waals surface area contributed by atoms with Crippen molar-refractivity contribution < 1.29 is 0 Å². The zero-order chi connectivity index (χ0) is 12.3. The van der Waals surface area contributed by atoms with Gasteiger partial charge in [0.05, 0.1) is 18.1 Å². The Hall–Kier alpha value is -1.16. The van der Waals surface area contributed by atoms with E-state index in [0.717, 1.165) is 37.1 Å². The normalized spacial score (nSPS) is 20.2. The van der Waals surface area contributed by atoms with Crippen LogP contribution in [0.3, 0.4) is 0 Å². The standard InChI is InChI=1S/C13H22N4/c1-10(2)14-6-12-7-16-13(8-15-12)17-5-4-11(3)9-17/h7-8,10-11,14H,4-6,9H2,1-3H3. The fourth-order valence-electron chi connectivity index (χ4n) is 2.05. The monoisotopic (exact) mass is 234 g/mol. The first-order chi connectivity index (χ1) is 8.15. The minimum atomic E-state index is 0.482. The van der Waals surface area contributed by atoms with E-state index < -0.39 is 0 Å². The van der Waals surface area contributed by atoms with Gasteiger partial charge in [0.15, 0.2) is 0 Å². The highest BCUT2D eigenvalue weighted by atomic mass is 15.2. The second kappa shape index (κ2) is 5.45. The van der Waals surface area contributed by atoms with Gasteiger partial charge in [0.2, 0.25) is 0 Å². The molecule has 2 heterocycles. The number of anilines is 1. The van der Waals surface area contributed by atoms with Crippen molar-refractivity contribution in [2.75, 3.05) is 18.0 Å². The molecule has 1 aromatic heterocycles. The van der Waals surface area contributed by atoms with Crippen LogP contribution in [0.2, 0.25) is 0 Å². The van der Waals surface area contributed by atoms with Crippen molar-refractivity contribution in [3.8, 4) is 0 Å². The molecule has 0 aromatic carbocycles. The molecule has 0 aliphatic carbocycles. The van der Waals surface area contributed by atoms with E-state index in [1.165, 1.54) is 6.42 Å². The number of rotatable bonds is 4. The van der Waals surface area contributed by atoms with E-state index in [0.29, 0.717) is 6.04 Å². The quantitative estimate of drug-likeness (QED) is 0.863. The number of hydrogen-bond donors (Lipinski definition) is 1. The van der Waals surface area contributed by atoms with Crippen molar-refractivity contribution in [3.63, 3.8) is 0 Å². The lowest BCUT2D eigenvalue weighted by Crippen LogP contribution is -2.23. The SMILES string of the molecule is CC1CCN(c2cnc(CNC(C)C)cn2)C1. The Balaban J connectivity index is 1.93. The summed E-state index contributed by atoms with van der Waals surface area (Å²) < 4.78 is 0. The first kappa shape index (κ1) is 12.3. The maximum atomic E-state index is 4.50. The fraction of sp³-hybridized carbons (Fsp3) is 0.692. The third kappa shape index (κ3) is 3.40. The smallest absolute Gasteiger partial charge is 0.147 e. The molecule has 1 saturated heterocycles. The molecule has 1 atom stereocenters. The molecule has 94 valence electrons. The predicted molar refractivity (Wildman–Crippen MR) is 70.0 cm³/mol. The van der Waals surface area contributed by atoms with Crippen molar-refractivity contribution in [1.82, 2.24) is 15.3 Å². The van der Waals surface area contributed by atoms with Crippen LogP contribution in [0.15, 0.2) is 12.4 Å². The lowest BCUT2D eigenvalue weighted by atomic mass is 10.2. The van der Waals surface area contributed by atoms with Crippen LogP contribution < -0.4 is 10.2 Å². The Morgan fingerprint density at radius 1 is 1.41 bits per heavy atom. The summed E-state index contributed by atoms with van der Waals surface area (Å²) in [6.45, 7) is 9.56. The van der Waals surface area contributed by atoms with Gasteiger partial charge in [-0.3, -0.25) is 4.98 Å². The summed E-state index contributed by atoms with van der Waals surface area (Å²) in [4.78, 5) is 11.3. The van der Waals surface area contributed by atoms with Gasteiger partial charge in [0, 0.05) is 25.7 Å². The Kier molecular flexibility index (Phi) is 3.94. The molecule has 0 bridgehead atoms. The molecule has 4 nitrogen and oxygen atoms in total. The van der Waals surface area contributed by atoms with Gasteiger partial charge in [0.1, 0.15) is 5.82 Å². The first-order valence-corrected chi connectivity index (χ1v) is 6.44. The van der Waals surface area contributed by atoms with Crippen molar-refractivity contribution >= 4 is 5.82 Å². The molecule has 0 spiro atoms. The molecule has 1 N–H and O–H groups in total. The van der Waals surface area contributed by atoms with E-state index in [9.17, 15) is 0 Å². The van der Waals surface area contributed by atoms with E-state index in [4.69, 9.17) is 0 Å². The van der Waals surface area contributed by atoms with E-state index in [2.05, 4.69) is 41.0 Å². The first-order valence-electron chi connectivity index (χ1n) is 6.44. The third-order valence-corrected chi connectivity index (χ3v) is 3.13. The zero-order valence-corrected chi connectivity index (χ0v) is 11.0. The highest BCUT2D eigenvalue weighted by molar-refractivity contribution is 5.37. The number of nitrogens with zero attached hydrogens (tertiary/aromatic N) is 3. The van der Waals surface area contributed by atoms with E-state index in [1.54, 1.807) is 0 Å². The minimum absolute atomic E-state index is 0.482. The summed E-state index contributed by atoms with van der Waals surface area (Å²) in [7, 11) is 0. The van der Waals surface area contributed by atoms with Gasteiger partial charge in [-0.15, -0.1) is 0 Å². The number of hydrogen-bond acceptors (Lipinski definition) is 4. The van der Waals surface area contributed by atoms with Gasteiger partial charge < -0.3 is 10.2 Å². The predicted octanol–water partition coefficient (Wildman–Crippen LogP) is 1.82. The maximum absolute atomic E-state index is 4.50. The van der Waals surface area contributed by atoms with Crippen LogP contribution in [0.25, 0.3) is 0 Å². The summed E-state index contributed by atoms with van der Waals surface area (Å²) in [5.41, 5.74) is 1.01. The van der Waals surface area contributed by atoms with Gasteiger partial charge in [-0.1, -0.05) is 20.8 Å². The Morgan fingerprint density at radius 3 is 2.76 bits per heavy atom. The van der Waals surface area contributed by atoms with Gasteiger partial charge in [-0.05, 0) is 12.3 Å². The van der Waals surface area contributed by atoms with Crippen LogP contribution >= 0.6 is 0 Å². The molecule has 1 aromatic rings. The molecule has 1 unspecified atom stereocenters. The molecule has 0 amide bonds. The molecule has 17 heavy (non-hydrogen) atoms. The second-order valence-corrected chi connectivity index (χ2v) is 5.24. The van der Waals surface area contributed by atoms with Crippen LogP contribution in [-0.4, -0.2) is 29.1 Å². The lowest BCUT2D eigenvalue weighted by Gasteiger charge is -2.16. The Labute approximate surface area is 103 Å². The fourth-order valence-corrected chi connectivity index (χ4v) is 2.05. The topological polar surface area (TPSA) is 41.1 Å². The molecular weight excluding hydrogens is 212 g/mol. The molecular formula is C13H22N4. The summed E-state index contributed by atoms with van der Waals surface area (Å²) in [5, 5.41) is 3.34. The van der Waals surface area contributed by atoms with E-state index >= 15 is 0 Å². The Morgan fingerprint density at radius 2 is 2.24 bits per heavy atom. The summed E-state index contributed by atoms with van der Waals surface area (Å²) >= 11 is 0. The van der Waals surface area contributed by atoms with Crippen molar-refractivity contribution in [3.05, 3.63) is 18.1 Å². The Bertz CT molecular complexity index is 347. The number of aromatic nitrogens is 2. The van der Waals surface area contributed by atoms with Crippen molar-refractivity contribution in [2.24, 2.45) is 5.92 Å². The molecule has 1 aliphatic heterocycles. The molecule has 0 radical (unpaired) electrons. The van der Waals surface area contributed by atoms with Crippen LogP contribution in [0.4, 0.5) is 5.82 Å².